The Labute approximate surface area is 84.2 Å². The summed E-state index contributed by atoms with van der Waals surface area (Å²) in [7, 11) is 0. The van der Waals surface area contributed by atoms with Gasteiger partial charge < -0.3 is 4.98 Å². The monoisotopic (exact) mass is 270 g/mol. The molecule has 0 saturated heterocycles. The normalized spacial score (nSPS) is 10.1. The molecule has 1 aromatic carbocycles. The van der Waals surface area contributed by atoms with E-state index in [1.54, 1.807) is 6.20 Å². The predicted octanol–water partition coefficient (Wildman–Crippen LogP) is 2.68. The molecule has 60 valence electrons. The fraction of sp³-hybridized carbons (Fsp3) is 0. The summed E-state index contributed by atoms with van der Waals surface area (Å²) in [6.45, 7) is 0. The highest BCUT2D eigenvalue weighted by Gasteiger charge is 1.97. The number of hydrogen-bond acceptors (Lipinski definition) is 1. The van der Waals surface area contributed by atoms with E-state index in [2.05, 4.69) is 56.8 Å². The highest BCUT2D eigenvalue weighted by molar-refractivity contribution is 14.1. The van der Waals surface area contributed by atoms with Crippen LogP contribution in [0.3, 0.4) is 0 Å². The van der Waals surface area contributed by atoms with Crippen molar-refractivity contribution in [2.45, 2.75) is 0 Å². The van der Waals surface area contributed by atoms with Crippen molar-refractivity contribution in [3.63, 3.8) is 0 Å². The molecule has 1 heterocycles. The number of rotatable bonds is 1. The Kier molecular flexibility index (Phi) is 2.12. The van der Waals surface area contributed by atoms with E-state index in [0.717, 1.165) is 11.4 Å². The van der Waals surface area contributed by atoms with Crippen molar-refractivity contribution in [1.82, 2.24) is 9.97 Å². The summed E-state index contributed by atoms with van der Waals surface area (Å²) in [4.78, 5) is 7.22. The lowest BCUT2D eigenvalue weighted by Gasteiger charge is -1.95. The molecule has 2 aromatic rings. The number of aromatic nitrogens is 2. The first-order valence-electron chi connectivity index (χ1n) is 3.61. The maximum Gasteiger partial charge on any atom is 0.137 e. The molecule has 0 amide bonds. The lowest BCUT2D eigenvalue weighted by molar-refractivity contribution is 1.31. The van der Waals surface area contributed by atoms with Crippen LogP contribution < -0.4 is 0 Å². The number of nitrogens with zero attached hydrogens (tertiary/aromatic N) is 1. The smallest absolute Gasteiger partial charge is 0.137 e. The van der Waals surface area contributed by atoms with Gasteiger partial charge in [0.05, 0.1) is 0 Å². The van der Waals surface area contributed by atoms with Gasteiger partial charge in [-0.1, -0.05) is 12.1 Å². The van der Waals surface area contributed by atoms with E-state index in [1.165, 1.54) is 3.57 Å². The molecule has 0 bridgehead atoms. The second kappa shape index (κ2) is 3.26. The van der Waals surface area contributed by atoms with E-state index >= 15 is 0 Å². The van der Waals surface area contributed by atoms with Gasteiger partial charge in [0.1, 0.15) is 5.82 Å². The molecule has 0 aliphatic rings. The first kappa shape index (κ1) is 7.79. The van der Waals surface area contributed by atoms with Gasteiger partial charge in [-0.3, -0.25) is 0 Å². The van der Waals surface area contributed by atoms with Gasteiger partial charge in [0.2, 0.25) is 0 Å². The number of H-pyrrole nitrogens is 1. The van der Waals surface area contributed by atoms with Crippen molar-refractivity contribution in [3.8, 4) is 11.4 Å². The Morgan fingerprint density at radius 3 is 2.50 bits per heavy atom. The van der Waals surface area contributed by atoms with Gasteiger partial charge in [0, 0.05) is 21.5 Å². The molecule has 1 aromatic heterocycles. The average Bonchev–Trinajstić information content (AvgIpc) is 2.58. The Bertz CT molecular complexity index is 351. The average molecular weight is 270 g/mol. The highest BCUT2D eigenvalue weighted by Crippen LogP contribution is 2.15. The van der Waals surface area contributed by atoms with Crippen molar-refractivity contribution in [3.05, 3.63) is 40.2 Å². The van der Waals surface area contributed by atoms with Crippen LogP contribution >= 0.6 is 22.6 Å². The van der Waals surface area contributed by atoms with Crippen LogP contribution in [-0.4, -0.2) is 9.97 Å². The minimum absolute atomic E-state index is 0.923. The predicted molar refractivity (Wildman–Crippen MR) is 56.7 cm³/mol. The molecule has 2 rings (SSSR count). The molecule has 0 fully saturated rings. The standard InChI is InChI=1S/C9H7IN2/c10-8-3-1-7(2-4-8)9-11-5-6-12-9/h1-6H,(H,11,12). The molecule has 0 aliphatic carbocycles. The number of aromatic amines is 1. The maximum absolute atomic E-state index is 4.16. The third-order valence-electron chi connectivity index (χ3n) is 1.62. The van der Waals surface area contributed by atoms with Crippen molar-refractivity contribution >= 4 is 22.6 Å². The van der Waals surface area contributed by atoms with Crippen molar-refractivity contribution < 1.29 is 0 Å². The largest absolute Gasteiger partial charge is 0.345 e. The van der Waals surface area contributed by atoms with Crippen LogP contribution in [0.15, 0.2) is 36.7 Å². The quantitative estimate of drug-likeness (QED) is 0.793. The molecule has 12 heavy (non-hydrogen) atoms. The lowest BCUT2D eigenvalue weighted by atomic mass is 10.2. The molecule has 0 saturated carbocycles. The third kappa shape index (κ3) is 1.50. The molecule has 3 heteroatoms. The molecule has 1 N–H and O–H groups in total. The summed E-state index contributed by atoms with van der Waals surface area (Å²) in [6.07, 6.45) is 3.58. The molecule has 0 aliphatic heterocycles. The SMILES string of the molecule is Ic1ccc(-c2ncc[nH]2)cc1. The summed E-state index contributed by atoms with van der Waals surface area (Å²) in [5, 5.41) is 0. The number of hydrogen-bond donors (Lipinski definition) is 1. The fourth-order valence-electron chi connectivity index (χ4n) is 1.03. The van der Waals surface area contributed by atoms with E-state index in [9.17, 15) is 0 Å². The zero-order chi connectivity index (χ0) is 8.39. The molecule has 0 spiro atoms. The summed E-state index contributed by atoms with van der Waals surface area (Å²) < 4.78 is 1.24. The van der Waals surface area contributed by atoms with E-state index in [0.29, 0.717) is 0 Å². The minimum atomic E-state index is 0.923. The molecule has 2 nitrogen and oxygen atoms in total. The van der Waals surface area contributed by atoms with E-state index in [-0.39, 0.29) is 0 Å². The van der Waals surface area contributed by atoms with Gasteiger partial charge in [-0.15, -0.1) is 0 Å². The number of imidazole rings is 1. The second-order valence-electron chi connectivity index (χ2n) is 2.44. The first-order chi connectivity index (χ1) is 5.86. The van der Waals surface area contributed by atoms with Crippen LogP contribution in [0.2, 0.25) is 0 Å². The highest BCUT2D eigenvalue weighted by atomic mass is 127. The third-order valence-corrected chi connectivity index (χ3v) is 2.34. The van der Waals surface area contributed by atoms with E-state index < -0.39 is 0 Å². The fourth-order valence-corrected chi connectivity index (χ4v) is 1.39. The van der Waals surface area contributed by atoms with Crippen LogP contribution in [0.4, 0.5) is 0 Å². The molecule has 0 unspecified atom stereocenters. The first-order valence-corrected chi connectivity index (χ1v) is 4.69. The second-order valence-corrected chi connectivity index (χ2v) is 3.69. The van der Waals surface area contributed by atoms with Gasteiger partial charge in [-0.05, 0) is 34.7 Å². The van der Waals surface area contributed by atoms with Crippen LogP contribution in [0.25, 0.3) is 11.4 Å². The van der Waals surface area contributed by atoms with E-state index in [1.807, 2.05) is 6.20 Å². The van der Waals surface area contributed by atoms with Crippen LogP contribution in [-0.2, 0) is 0 Å². The summed E-state index contributed by atoms with van der Waals surface area (Å²) >= 11 is 2.28. The van der Waals surface area contributed by atoms with Crippen molar-refractivity contribution in [1.29, 1.82) is 0 Å². The van der Waals surface area contributed by atoms with Gasteiger partial charge >= 0.3 is 0 Å². The van der Waals surface area contributed by atoms with Gasteiger partial charge in [-0.25, -0.2) is 4.98 Å². The lowest BCUT2D eigenvalue weighted by Crippen LogP contribution is -1.79. The molecular formula is C9H7IN2. The van der Waals surface area contributed by atoms with Crippen molar-refractivity contribution in [2.24, 2.45) is 0 Å². The topological polar surface area (TPSA) is 28.7 Å². The van der Waals surface area contributed by atoms with Crippen LogP contribution in [0, 0.1) is 3.57 Å². The Morgan fingerprint density at radius 1 is 1.17 bits per heavy atom. The minimum Gasteiger partial charge on any atom is -0.345 e. The summed E-state index contributed by atoms with van der Waals surface area (Å²) in [5.74, 6) is 0.923. The molecule has 0 atom stereocenters. The number of benzene rings is 1. The Balaban J connectivity index is 2.43. The van der Waals surface area contributed by atoms with Gasteiger partial charge in [0.25, 0.3) is 0 Å². The Morgan fingerprint density at radius 2 is 1.92 bits per heavy atom. The Hall–Kier alpha value is -0.840. The van der Waals surface area contributed by atoms with Crippen LogP contribution in [0.1, 0.15) is 0 Å². The molecule has 0 radical (unpaired) electrons. The van der Waals surface area contributed by atoms with E-state index in [4.69, 9.17) is 0 Å². The van der Waals surface area contributed by atoms with Crippen LogP contribution in [0.5, 0.6) is 0 Å². The molecular weight excluding hydrogens is 263 g/mol. The summed E-state index contributed by atoms with van der Waals surface area (Å²) in [6, 6.07) is 8.25. The number of nitrogens with one attached hydrogen (secondary N) is 1. The number of halogens is 1. The zero-order valence-electron chi connectivity index (χ0n) is 6.29. The van der Waals surface area contributed by atoms with Gasteiger partial charge in [0.15, 0.2) is 0 Å². The van der Waals surface area contributed by atoms with Gasteiger partial charge in [-0.2, -0.15) is 0 Å². The maximum atomic E-state index is 4.16. The summed E-state index contributed by atoms with van der Waals surface area (Å²) in [5.41, 5.74) is 1.13. The van der Waals surface area contributed by atoms with Crippen molar-refractivity contribution in [2.75, 3.05) is 0 Å². The zero-order valence-corrected chi connectivity index (χ0v) is 8.45.